The molecule has 0 unspecified atom stereocenters. The van der Waals surface area contributed by atoms with Gasteiger partial charge in [0, 0.05) is 53.9 Å². The van der Waals surface area contributed by atoms with Crippen molar-refractivity contribution >= 4 is 45.2 Å². The van der Waals surface area contributed by atoms with Gasteiger partial charge in [-0.05, 0) is 44.8 Å². The van der Waals surface area contributed by atoms with Crippen molar-refractivity contribution in [3.8, 4) is 17.3 Å². The second-order valence-corrected chi connectivity index (χ2v) is 10.9. The number of halogens is 2. The zero-order chi connectivity index (χ0) is 28.0. The highest BCUT2D eigenvalue weighted by molar-refractivity contribution is 6.36. The Balaban J connectivity index is 1.47. The highest BCUT2D eigenvalue weighted by atomic mass is 35.5. The molecule has 0 radical (unpaired) electrons. The lowest BCUT2D eigenvalue weighted by Crippen LogP contribution is -2.53. The fourth-order valence-corrected chi connectivity index (χ4v) is 6.08. The number of fused-ring (bicyclic) bond motifs is 2. The minimum Gasteiger partial charge on any atom is -0.465 e. The van der Waals surface area contributed by atoms with Crippen LogP contribution in [0.2, 0.25) is 5.02 Å². The molecular weight excluding hydrogens is 535 g/mol. The fraction of sp³-hybridized carbons (Fsp3) is 0.379. The first-order chi connectivity index (χ1) is 19.3. The van der Waals surface area contributed by atoms with Crippen LogP contribution in [-0.4, -0.2) is 87.9 Å². The van der Waals surface area contributed by atoms with E-state index in [0.29, 0.717) is 53.4 Å². The van der Waals surface area contributed by atoms with Gasteiger partial charge in [-0.2, -0.15) is 9.97 Å². The number of carbonyl (C=O) groups is 1. The molecule has 0 spiro atoms. The molecule has 208 valence electrons. The van der Waals surface area contributed by atoms with E-state index in [0.717, 1.165) is 24.8 Å². The van der Waals surface area contributed by atoms with Crippen LogP contribution < -0.4 is 9.64 Å². The topological polar surface area (TPSA) is 94.9 Å². The van der Waals surface area contributed by atoms with Crippen molar-refractivity contribution in [2.45, 2.75) is 31.8 Å². The molecule has 0 aliphatic carbocycles. The number of hydrogen-bond donors (Lipinski definition) is 1. The second-order valence-electron chi connectivity index (χ2n) is 10.5. The maximum atomic E-state index is 16.4. The van der Waals surface area contributed by atoms with Gasteiger partial charge in [0.2, 0.25) is 0 Å². The van der Waals surface area contributed by atoms with E-state index in [1.165, 1.54) is 4.90 Å². The van der Waals surface area contributed by atoms with Crippen molar-refractivity contribution < 1.29 is 19.0 Å². The summed E-state index contributed by atoms with van der Waals surface area (Å²) in [5, 5.41) is 12.0. The Labute approximate surface area is 236 Å². The predicted molar refractivity (Wildman–Crippen MR) is 153 cm³/mol. The van der Waals surface area contributed by atoms with Crippen molar-refractivity contribution in [3.05, 3.63) is 53.4 Å². The quantitative estimate of drug-likeness (QED) is 0.349. The highest BCUT2D eigenvalue weighted by Crippen LogP contribution is 2.37. The molecule has 2 aliphatic rings. The third-order valence-corrected chi connectivity index (χ3v) is 8.31. The van der Waals surface area contributed by atoms with Gasteiger partial charge < -0.3 is 24.5 Å². The van der Waals surface area contributed by atoms with Gasteiger partial charge in [0.15, 0.2) is 5.82 Å². The molecule has 2 aromatic heterocycles. The van der Waals surface area contributed by atoms with Crippen LogP contribution in [0.25, 0.3) is 32.9 Å². The van der Waals surface area contributed by atoms with Crippen LogP contribution in [0.4, 0.5) is 15.0 Å². The smallest absolute Gasteiger partial charge is 0.407 e. The van der Waals surface area contributed by atoms with Crippen molar-refractivity contribution in [3.63, 3.8) is 0 Å². The molecule has 2 fully saturated rings. The van der Waals surface area contributed by atoms with Crippen molar-refractivity contribution in [1.82, 2.24) is 24.8 Å². The third-order valence-electron chi connectivity index (χ3n) is 8.00. The van der Waals surface area contributed by atoms with Crippen LogP contribution >= 0.6 is 11.6 Å². The van der Waals surface area contributed by atoms with Gasteiger partial charge in [-0.25, -0.2) is 9.18 Å². The molecule has 6 rings (SSSR count). The Morgan fingerprint density at radius 3 is 2.70 bits per heavy atom. The summed E-state index contributed by atoms with van der Waals surface area (Å²) < 4.78 is 22.5. The average Bonchev–Trinajstić information content (AvgIpc) is 3.36. The van der Waals surface area contributed by atoms with E-state index < -0.39 is 11.9 Å². The second kappa shape index (κ2) is 10.7. The maximum absolute atomic E-state index is 16.4. The average molecular weight is 565 g/mol. The molecule has 2 aliphatic heterocycles. The van der Waals surface area contributed by atoms with Crippen molar-refractivity contribution in [1.29, 1.82) is 0 Å². The molecule has 9 nitrogen and oxygen atoms in total. The Bertz CT molecular complexity index is 1600. The van der Waals surface area contributed by atoms with Crippen LogP contribution in [0.5, 0.6) is 6.01 Å². The Morgan fingerprint density at radius 1 is 1.18 bits per heavy atom. The summed E-state index contributed by atoms with van der Waals surface area (Å²) in [4.78, 5) is 31.0. The number of amides is 1. The minimum absolute atomic E-state index is 0.0858. The molecule has 0 bridgehead atoms. The van der Waals surface area contributed by atoms with Gasteiger partial charge in [-0.1, -0.05) is 41.9 Å². The molecule has 0 saturated carbocycles. The van der Waals surface area contributed by atoms with Crippen LogP contribution in [0.3, 0.4) is 0 Å². The molecule has 4 aromatic rings. The van der Waals surface area contributed by atoms with Gasteiger partial charge in [-0.3, -0.25) is 4.98 Å². The SMILES string of the molecule is C[C@H]1CN(C(=O)O)CCN1c1nc(OC[C@@H]2CCCN2C)nc2c(F)c(-c3cccc4cccc(Cl)c34)ncc12. The summed E-state index contributed by atoms with van der Waals surface area (Å²) in [7, 11) is 2.06. The largest absolute Gasteiger partial charge is 0.465 e. The van der Waals surface area contributed by atoms with E-state index in [1.54, 1.807) is 18.3 Å². The van der Waals surface area contributed by atoms with E-state index in [-0.39, 0.29) is 29.3 Å². The van der Waals surface area contributed by atoms with E-state index in [1.807, 2.05) is 36.1 Å². The number of benzene rings is 2. The van der Waals surface area contributed by atoms with Gasteiger partial charge in [0.1, 0.15) is 23.6 Å². The summed E-state index contributed by atoms with van der Waals surface area (Å²) >= 11 is 6.55. The number of hydrogen-bond acceptors (Lipinski definition) is 7. The number of nitrogens with zero attached hydrogens (tertiary/aromatic N) is 6. The van der Waals surface area contributed by atoms with Crippen LogP contribution in [0.1, 0.15) is 19.8 Å². The molecule has 2 saturated heterocycles. The van der Waals surface area contributed by atoms with E-state index in [2.05, 4.69) is 21.9 Å². The van der Waals surface area contributed by atoms with Crippen LogP contribution in [0, 0.1) is 5.82 Å². The minimum atomic E-state index is -0.963. The number of anilines is 1. The number of aromatic nitrogens is 3. The zero-order valence-electron chi connectivity index (χ0n) is 22.3. The fourth-order valence-electron chi connectivity index (χ4n) is 5.79. The van der Waals surface area contributed by atoms with Crippen LogP contribution in [0.15, 0.2) is 42.6 Å². The molecule has 2 atom stereocenters. The van der Waals surface area contributed by atoms with Gasteiger partial charge >= 0.3 is 12.1 Å². The van der Waals surface area contributed by atoms with Gasteiger partial charge in [0.05, 0.1) is 5.39 Å². The van der Waals surface area contributed by atoms with E-state index >= 15 is 4.39 Å². The third kappa shape index (κ3) is 4.75. The summed E-state index contributed by atoms with van der Waals surface area (Å²) in [5.74, 6) is -0.112. The lowest BCUT2D eigenvalue weighted by molar-refractivity contribution is 0.136. The first kappa shape index (κ1) is 26.5. The molecular formula is C29H30ClFN6O3. The number of pyridine rings is 1. The molecule has 1 N–H and O–H groups in total. The lowest BCUT2D eigenvalue weighted by atomic mass is 10.0. The Morgan fingerprint density at radius 2 is 1.98 bits per heavy atom. The number of ether oxygens (including phenoxy) is 1. The van der Waals surface area contributed by atoms with E-state index in [4.69, 9.17) is 21.3 Å². The highest BCUT2D eigenvalue weighted by Gasteiger charge is 2.31. The predicted octanol–water partition coefficient (Wildman–Crippen LogP) is 5.30. The molecule has 40 heavy (non-hydrogen) atoms. The number of likely N-dealkylation sites (tertiary alicyclic amines) is 1. The molecule has 4 heterocycles. The zero-order valence-corrected chi connectivity index (χ0v) is 23.1. The number of likely N-dealkylation sites (N-methyl/N-ethyl adjacent to an activating group) is 1. The monoisotopic (exact) mass is 564 g/mol. The van der Waals surface area contributed by atoms with Crippen LogP contribution in [-0.2, 0) is 0 Å². The van der Waals surface area contributed by atoms with Crippen molar-refractivity contribution in [2.24, 2.45) is 0 Å². The first-order valence-electron chi connectivity index (χ1n) is 13.4. The Kier molecular flexibility index (Phi) is 7.06. The maximum Gasteiger partial charge on any atom is 0.407 e. The normalized spacial score (nSPS) is 20.0. The lowest BCUT2D eigenvalue weighted by Gasteiger charge is -2.39. The Hall–Kier alpha value is -3.76. The standard InChI is InChI=1S/C29H30ClFN6O3/c1-17-15-36(29(38)39)12-13-37(17)27-21-14-32-25(20-9-3-6-18-7-4-10-22(30)23(18)20)24(31)26(21)33-28(34-27)40-16-19-8-5-11-35(19)2/h3-4,6-7,9-10,14,17,19H,5,8,11-13,15-16H2,1-2H3,(H,38,39)/t17-,19-/m0/s1. The first-order valence-corrected chi connectivity index (χ1v) is 13.8. The van der Waals surface area contributed by atoms with E-state index in [9.17, 15) is 9.90 Å². The number of piperazine rings is 1. The number of carboxylic acid groups (broad SMARTS) is 1. The summed E-state index contributed by atoms with van der Waals surface area (Å²) in [6.45, 7) is 4.31. The molecule has 2 aromatic carbocycles. The van der Waals surface area contributed by atoms with Gasteiger partial charge in [0.25, 0.3) is 0 Å². The summed E-state index contributed by atoms with van der Waals surface area (Å²) in [6.07, 6.45) is 2.73. The summed E-state index contributed by atoms with van der Waals surface area (Å²) in [6, 6.07) is 11.2. The molecule has 11 heteroatoms. The van der Waals surface area contributed by atoms with Crippen molar-refractivity contribution in [2.75, 3.05) is 44.7 Å². The molecule has 1 amide bonds. The van der Waals surface area contributed by atoms with Gasteiger partial charge in [-0.15, -0.1) is 0 Å². The number of rotatable bonds is 5. The summed E-state index contributed by atoms with van der Waals surface area (Å²) in [5.41, 5.74) is 0.809.